The van der Waals surface area contributed by atoms with Gasteiger partial charge in [-0.25, -0.2) is 8.42 Å². The van der Waals surface area contributed by atoms with Crippen LogP contribution in [0.5, 0.6) is 0 Å². The maximum Gasteiger partial charge on any atom is 0.243 e. The van der Waals surface area contributed by atoms with Gasteiger partial charge in [0.1, 0.15) is 0 Å². The van der Waals surface area contributed by atoms with Gasteiger partial charge in [-0.15, -0.1) is 0 Å². The highest BCUT2D eigenvalue weighted by atomic mass is 32.2. The number of hydrogen-bond acceptors (Lipinski definition) is 4. The van der Waals surface area contributed by atoms with Crippen LogP contribution in [0.3, 0.4) is 0 Å². The van der Waals surface area contributed by atoms with Gasteiger partial charge < -0.3 is 9.80 Å². The van der Waals surface area contributed by atoms with Gasteiger partial charge in [-0.2, -0.15) is 4.31 Å². The van der Waals surface area contributed by atoms with Crippen LogP contribution < -0.4 is 0 Å². The van der Waals surface area contributed by atoms with Gasteiger partial charge in [0, 0.05) is 52.1 Å². The van der Waals surface area contributed by atoms with Crippen LogP contribution in [0.25, 0.3) is 0 Å². The number of hydrogen-bond donors (Lipinski definition) is 0. The lowest BCUT2D eigenvalue weighted by Gasteiger charge is -2.34. The molecule has 2 rings (SSSR count). The molecule has 0 aromatic heterocycles. The molecule has 1 fully saturated rings. The fourth-order valence-electron chi connectivity index (χ4n) is 3.55. The zero-order valence-corrected chi connectivity index (χ0v) is 18.7. The summed E-state index contributed by atoms with van der Waals surface area (Å²) in [5.41, 5.74) is 0. The summed E-state index contributed by atoms with van der Waals surface area (Å²) in [4.78, 5) is 28.5. The number of carbonyl (C=O) groups is 2. The van der Waals surface area contributed by atoms with E-state index in [1.165, 1.54) is 4.31 Å². The van der Waals surface area contributed by atoms with Crippen LogP contribution in [0, 0.1) is 5.92 Å². The summed E-state index contributed by atoms with van der Waals surface area (Å²) in [6, 6.07) is 8.47. The second kappa shape index (κ2) is 10.2. The highest BCUT2D eigenvalue weighted by Gasteiger charge is 2.30. The first kappa shape index (κ1) is 23.3. The normalized spacial score (nSPS) is 16.7. The average Bonchev–Trinajstić information content (AvgIpc) is 2.71. The van der Waals surface area contributed by atoms with E-state index in [1.807, 2.05) is 6.92 Å². The Labute approximate surface area is 174 Å². The van der Waals surface area contributed by atoms with Gasteiger partial charge in [0.05, 0.1) is 4.90 Å². The van der Waals surface area contributed by atoms with Crippen molar-refractivity contribution >= 4 is 21.8 Å². The Kier molecular flexibility index (Phi) is 8.22. The Morgan fingerprint density at radius 2 is 1.59 bits per heavy atom. The van der Waals surface area contributed by atoms with Gasteiger partial charge in [0.2, 0.25) is 21.8 Å². The number of piperazine rings is 1. The molecule has 2 amide bonds. The molecule has 162 valence electrons. The molecule has 0 radical (unpaired) electrons. The largest absolute Gasteiger partial charge is 0.343 e. The number of sulfonamides is 1. The van der Waals surface area contributed by atoms with Crippen molar-refractivity contribution in [3.05, 3.63) is 30.3 Å². The highest BCUT2D eigenvalue weighted by molar-refractivity contribution is 7.89. The molecule has 1 unspecified atom stereocenters. The first-order valence-electron chi connectivity index (χ1n) is 10.2. The highest BCUT2D eigenvalue weighted by Crippen LogP contribution is 2.18. The van der Waals surface area contributed by atoms with Crippen LogP contribution in [0.4, 0.5) is 0 Å². The van der Waals surface area contributed by atoms with Crippen molar-refractivity contribution in [2.75, 3.05) is 33.2 Å². The van der Waals surface area contributed by atoms with E-state index in [1.54, 1.807) is 47.2 Å². The van der Waals surface area contributed by atoms with Gasteiger partial charge in [-0.3, -0.25) is 9.59 Å². The summed E-state index contributed by atoms with van der Waals surface area (Å²) >= 11 is 0. The summed E-state index contributed by atoms with van der Waals surface area (Å²) in [5, 5.41) is 0. The van der Waals surface area contributed by atoms with E-state index in [2.05, 4.69) is 13.8 Å². The van der Waals surface area contributed by atoms with Gasteiger partial charge in [0.15, 0.2) is 0 Å². The minimum absolute atomic E-state index is 0.0307. The molecule has 1 aromatic rings. The molecule has 8 heteroatoms. The minimum atomic E-state index is -3.53. The van der Waals surface area contributed by atoms with Crippen molar-refractivity contribution in [1.29, 1.82) is 0 Å². The van der Waals surface area contributed by atoms with E-state index in [4.69, 9.17) is 0 Å². The lowest BCUT2D eigenvalue weighted by molar-refractivity contribution is -0.138. The van der Waals surface area contributed by atoms with Crippen LogP contribution in [0.2, 0.25) is 0 Å². The molecule has 1 heterocycles. The maximum absolute atomic E-state index is 12.7. The zero-order valence-electron chi connectivity index (χ0n) is 17.9. The monoisotopic (exact) mass is 423 g/mol. The third kappa shape index (κ3) is 6.27. The number of benzene rings is 1. The van der Waals surface area contributed by atoms with Crippen LogP contribution in [-0.2, 0) is 19.6 Å². The Bertz CT molecular complexity index is 787. The Balaban J connectivity index is 1.82. The molecule has 1 aliphatic heterocycles. The number of carbonyl (C=O) groups excluding carboxylic acids is 2. The smallest absolute Gasteiger partial charge is 0.243 e. The van der Waals surface area contributed by atoms with Gasteiger partial charge in [0.25, 0.3) is 0 Å². The Morgan fingerprint density at radius 1 is 1.00 bits per heavy atom. The molecule has 0 bridgehead atoms. The second-order valence-corrected chi connectivity index (χ2v) is 10.0. The summed E-state index contributed by atoms with van der Waals surface area (Å²) in [6.07, 6.45) is 1.26. The van der Waals surface area contributed by atoms with E-state index >= 15 is 0 Å². The van der Waals surface area contributed by atoms with E-state index in [0.717, 1.165) is 6.42 Å². The van der Waals surface area contributed by atoms with E-state index in [9.17, 15) is 18.0 Å². The second-order valence-electron chi connectivity index (χ2n) is 8.08. The zero-order chi connectivity index (χ0) is 21.6. The summed E-state index contributed by atoms with van der Waals surface area (Å²) in [7, 11) is -1.75. The molecule has 0 aliphatic carbocycles. The Morgan fingerprint density at radius 3 is 2.14 bits per heavy atom. The molecule has 1 aromatic carbocycles. The number of amides is 2. The number of rotatable bonds is 8. The SMILES string of the molecule is CC(C)CC(C)N(C)C(=O)CCC(=O)N1CCN(S(=O)(=O)c2ccccc2)CC1. The van der Waals surface area contributed by atoms with Crippen molar-refractivity contribution < 1.29 is 18.0 Å². The summed E-state index contributed by atoms with van der Waals surface area (Å²) in [5.74, 6) is 0.377. The number of nitrogens with zero attached hydrogens (tertiary/aromatic N) is 3. The van der Waals surface area contributed by atoms with Crippen molar-refractivity contribution in [1.82, 2.24) is 14.1 Å². The first-order valence-corrected chi connectivity index (χ1v) is 11.7. The van der Waals surface area contributed by atoms with E-state index in [0.29, 0.717) is 19.0 Å². The Hall–Kier alpha value is -1.93. The predicted octanol–water partition coefficient (Wildman–Crippen LogP) is 2.19. The molecule has 0 N–H and O–H groups in total. The molecule has 1 atom stereocenters. The van der Waals surface area contributed by atoms with Crippen LogP contribution in [0.1, 0.15) is 40.0 Å². The van der Waals surface area contributed by atoms with Crippen LogP contribution in [0.15, 0.2) is 35.2 Å². The van der Waals surface area contributed by atoms with Gasteiger partial charge >= 0.3 is 0 Å². The molecule has 1 aliphatic rings. The van der Waals surface area contributed by atoms with E-state index in [-0.39, 0.29) is 48.7 Å². The first-order chi connectivity index (χ1) is 13.6. The van der Waals surface area contributed by atoms with Crippen LogP contribution >= 0.6 is 0 Å². The van der Waals surface area contributed by atoms with Gasteiger partial charge in [-0.1, -0.05) is 32.0 Å². The third-order valence-electron chi connectivity index (χ3n) is 5.39. The molecule has 0 spiro atoms. The molecule has 1 saturated heterocycles. The van der Waals surface area contributed by atoms with Crippen LogP contribution in [-0.4, -0.2) is 73.6 Å². The van der Waals surface area contributed by atoms with Gasteiger partial charge in [-0.05, 0) is 31.4 Å². The minimum Gasteiger partial charge on any atom is -0.343 e. The fraction of sp³-hybridized carbons (Fsp3) is 0.619. The standard InChI is InChI=1S/C21H33N3O4S/c1-17(2)16-18(3)22(4)20(25)10-11-21(26)23-12-14-24(15-13-23)29(27,28)19-8-6-5-7-9-19/h5-9,17-18H,10-16H2,1-4H3. The molecular formula is C21H33N3O4S. The molecule has 7 nitrogen and oxygen atoms in total. The third-order valence-corrected chi connectivity index (χ3v) is 7.30. The maximum atomic E-state index is 12.7. The molecule has 29 heavy (non-hydrogen) atoms. The quantitative estimate of drug-likeness (QED) is 0.642. The average molecular weight is 424 g/mol. The van der Waals surface area contributed by atoms with Crippen molar-refractivity contribution in [2.24, 2.45) is 5.92 Å². The topological polar surface area (TPSA) is 78.0 Å². The summed E-state index contributed by atoms with van der Waals surface area (Å²) in [6.45, 7) is 7.49. The van der Waals surface area contributed by atoms with Crippen molar-refractivity contribution in [3.63, 3.8) is 0 Å². The lowest BCUT2D eigenvalue weighted by Crippen LogP contribution is -2.50. The molecule has 0 saturated carbocycles. The van der Waals surface area contributed by atoms with Crippen molar-refractivity contribution in [3.8, 4) is 0 Å². The molecular weight excluding hydrogens is 390 g/mol. The fourth-order valence-corrected chi connectivity index (χ4v) is 5.00. The van der Waals surface area contributed by atoms with E-state index < -0.39 is 10.0 Å². The predicted molar refractivity (Wildman–Crippen MR) is 113 cm³/mol. The lowest BCUT2D eigenvalue weighted by atomic mass is 10.0. The summed E-state index contributed by atoms with van der Waals surface area (Å²) < 4.78 is 26.7. The van der Waals surface area contributed by atoms with Crippen molar-refractivity contribution in [2.45, 2.75) is 51.0 Å².